The number of nitrogens with one attached hydrogen (secondary N) is 6. The summed E-state index contributed by atoms with van der Waals surface area (Å²) >= 11 is 0. The number of aromatic nitrogens is 3. The summed E-state index contributed by atoms with van der Waals surface area (Å²) in [4.78, 5) is 118. The summed E-state index contributed by atoms with van der Waals surface area (Å²) in [5, 5.41) is 16.9. The van der Waals surface area contributed by atoms with E-state index in [0.717, 1.165) is 22.0 Å². The Labute approximate surface area is 551 Å². The monoisotopic (exact) mass is 1300 g/mol. The van der Waals surface area contributed by atoms with Crippen molar-refractivity contribution in [3.63, 3.8) is 0 Å². The quantitative estimate of drug-likeness (QED) is 0.0272. The van der Waals surface area contributed by atoms with Gasteiger partial charge in [0.05, 0.1) is 37.4 Å². The Balaban J connectivity index is 0.937. The molecule has 5 aromatic carbocycles. The number of esters is 1. The van der Waals surface area contributed by atoms with Crippen LogP contribution in [0.25, 0.3) is 32.7 Å². The van der Waals surface area contributed by atoms with Gasteiger partial charge in [-0.3, -0.25) is 28.3 Å². The highest BCUT2D eigenvalue weighted by Gasteiger charge is 2.52. The molecule has 1 saturated heterocycles. The van der Waals surface area contributed by atoms with Gasteiger partial charge in [-0.05, 0) is 113 Å². The number of hydrogen-bond donors (Lipinski definition) is 6. The zero-order valence-electron chi connectivity index (χ0n) is 54.7. The van der Waals surface area contributed by atoms with Gasteiger partial charge in [-0.1, -0.05) is 122 Å². The number of amides is 5. The van der Waals surface area contributed by atoms with Crippen molar-refractivity contribution in [2.75, 3.05) is 20.3 Å². The van der Waals surface area contributed by atoms with Crippen LogP contribution >= 0.6 is 0 Å². The lowest BCUT2D eigenvalue weighted by atomic mass is 9.76. The van der Waals surface area contributed by atoms with Crippen LogP contribution in [0.3, 0.4) is 0 Å². The molecular formula is C73H84N8O14. The lowest BCUT2D eigenvalue weighted by Crippen LogP contribution is -2.65. The van der Waals surface area contributed by atoms with Gasteiger partial charge in [0, 0.05) is 78.3 Å². The number of carbonyl (C=O) groups is 8. The lowest BCUT2D eigenvalue weighted by molar-refractivity contribution is -0.317. The number of rotatable bonds is 22. The molecule has 4 heterocycles. The molecule has 2 aliphatic rings. The van der Waals surface area contributed by atoms with Gasteiger partial charge >= 0.3 is 24.2 Å². The second-order valence-electron chi connectivity index (χ2n) is 26.2. The van der Waals surface area contributed by atoms with Crippen LogP contribution in [0.15, 0.2) is 152 Å². The number of H-pyrrole nitrogens is 1. The van der Waals surface area contributed by atoms with Crippen LogP contribution in [0.1, 0.15) is 108 Å². The van der Waals surface area contributed by atoms with Crippen LogP contribution in [0.4, 0.5) is 14.4 Å². The van der Waals surface area contributed by atoms with Gasteiger partial charge in [-0.25, -0.2) is 19.2 Å². The molecular weight excluding hydrogens is 1210 g/mol. The number of hydrogen-bond acceptors (Lipinski definition) is 14. The molecule has 6 atom stereocenters. The third-order valence-electron chi connectivity index (χ3n) is 17.0. The fourth-order valence-corrected chi connectivity index (χ4v) is 12.6. The summed E-state index contributed by atoms with van der Waals surface area (Å²) in [5.41, 5.74) is 3.37. The maximum Gasteiger partial charge on any atom is 0.419 e. The number of alkyl carbamates (subject to hydrolysis) is 1. The van der Waals surface area contributed by atoms with Crippen molar-refractivity contribution >= 4 is 80.6 Å². The summed E-state index contributed by atoms with van der Waals surface area (Å²) in [5.74, 6) is -5.04. The molecule has 1 spiro atoms. The number of para-hydroxylation sites is 3. The number of nitrogens with zero attached hydrogens (tertiary/aromatic N) is 2. The Morgan fingerprint density at radius 3 is 1.64 bits per heavy atom. The third kappa shape index (κ3) is 17.1. The Morgan fingerprint density at radius 1 is 0.558 bits per heavy atom. The Hall–Kier alpha value is -9.80. The van der Waals surface area contributed by atoms with E-state index in [9.17, 15) is 28.8 Å². The van der Waals surface area contributed by atoms with E-state index in [2.05, 4.69) is 31.6 Å². The molecule has 22 heteroatoms. The summed E-state index contributed by atoms with van der Waals surface area (Å²) in [7, 11) is 1.25. The Morgan fingerprint density at radius 2 is 1.06 bits per heavy atom. The molecule has 5 amide bonds. The van der Waals surface area contributed by atoms with Crippen molar-refractivity contribution in [1.82, 2.24) is 40.7 Å². The molecule has 1 saturated carbocycles. The van der Waals surface area contributed by atoms with Crippen LogP contribution < -0.4 is 26.6 Å². The Kier molecular flexibility index (Phi) is 21.6. The maximum absolute atomic E-state index is 15.6. The molecule has 1 aliphatic heterocycles. The summed E-state index contributed by atoms with van der Waals surface area (Å²) in [6.07, 6.45) is 4.73. The lowest BCUT2D eigenvalue weighted by Gasteiger charge is -2.50. The van der Waals surface area contributed by atoms with Crippen molar-refractivity contribution in [2.24, 2.45) is 5.92 Å². The van der Waals surface area contributed by atoms with E-state index in [-0.39, 0.29) is 58.3 Å². The second-order valence-corrected chi connectivity index (χ2v) is 26.2. The maximum atomic E-state index is 15.6. The molecule has 8 aromatic rings. The first-order valence-corrected chi connectivity index (χ1v) is 32.3. The zero-order chi connectivity index (χ0) is 67.4. The van der Waals surface area contributed by atoms with E-state index in [0.29, 0.717) is 64.2 Å². The Bertz CT molecular complexity index is 4050. The van der Waals surface area contributed by atoms with E-state index in [1.54, 1.807) is 133 Å². The largest absolute Gasteiger partial charge is 0.467 e. The number of ether oxygens (including phenoxy) is 6. The molecule has 22 nitrogen and oxygen atoms in total. The first-order valence-electron chi connectivity index (χ1n) is 32.3. The molecule has 10 rings (SSSR count). The normalized spacial score (nSPS) is 16.8. The van der Waals surface area contributed by atoms with Gasteiger partial charge in [-0.2, -0.15) is 0 Å². The van der Waals surface area contributed by atoms with Crippen molar-refractivity contribution in [3.05, 3.63) is 180 Å². The predicted molar refractivity (Wildman–Crippen MR) is 356 cm³/mol. The number of benzene rings is 5. The van der Waals surface area contributed by atoms with E-state index in [1.165, 1.54) is 16.2 Å². The van der Waals surface area contributed by atoms with E-state index < -0.39 is 101 Å². The minimum Gasteiger partial charge on any atom is -0.467 e. The first kappa shape index (κ1) is 68.1. The fraction of sp³-hybridized carbons (Fsp3) is 0.397. The second kappa shape index (κ2) is 30.1. The topological polar surface area (TPSA) is 278 Å². The molecule has 2 fully saturated rings. The highest BCUT2D eigenvalue weighted by molar-refractivity contribution is 5.97. The molecule has 0 bridgehead atoms. The van der Waals surface area contributed by atoms with Crippen LogP contribution in [0.5, 0.6) is 0 Å². The van der Waals surface area contributed by atoms with Crippen LogP contribution in [-0.2, 0) is 84.7 Å². The number of aromatic amines is 1. The van der Waals surface area contributed by atoms with Crippen LogP contribution in [-0.4, -0.2) is 130 Å². The van der Waals surface area contributed by atoms with E-state index in [1.807, 2.05) is 60.7 Å². The van der Waals surface area contributed by atoms with Crippen LogP contribution in [0, 0.1) is 5.92 Å². The van der Waals surface area contributed by atoms with Gasteiger partial charge in [0.15, 0.2) is 5.79 Å². The molecule has 95 heavy (non-hydrogen) atoms. The number of carbonyl (C=O) groups excluding carboxylic acids is 8. The zero-order valence-corrected chi connectivity index (χ0v) is 54.7. The fourth-order valence-electron chi connectivity index (χ4n) is 12.6. The molecule has 0 radical (unpaired) electrons. The van der Waals surface area contributed by atoms with Gasteiger partial charge in [0.2, 0.25) is 23.6 Å². The van der Waals surface area contributed by atoms with Gasteiger partial charge < -0.3 is 60.0 Å². The van der Waals surface area contributed by atoms with Crippen molar-refractivity contribution in [3.8, 4) is 0 Å². The first-order chi connectivity index (χ1) is 45.5. The van der Waals surface area contributed by atoms with Crippen molar-refractivity contribution < 1.29 is 66.8 Å². The average Bonchev–Trinajstić information content (AvgIpc) is 1.53. The van der Waals surface area contributed by atoms with Crippen molar-refractivity contribution in [2.45, 2.75) is 160 Å². The molecule has 3 aromatic heterocycles. The number of fused-ring (bicyclic) bond motifs is 3. The molecule has 500 valence electrons. The molecule has 0 unspecified atom stereocenters. The summed E-state index contributed by atoms with van der Waals surface area (Å²) in [6.45, 7) is 10.9. The van der Waals surface area contributed by atoms with Gasteiger partial charge in [0.25, 0.3) is 0 Å². The highest BCUT2D eigenvalue weighted by atomic mass is 16.7. The number of methoxy groups -OCH3 is 1. The smallest absolute Gasteiger partial charge is 0.419 e. The molecule has 1 aliphatic carbocycles. The van der Waals surface area contributed by atoms with Crippen LogP contribution in [0.2, 0.25) is 0 Å². The van der Waals surface area contributed by atoms with Crippen molar-refractivity contribution in [1.29, 1.82) is 0 Å². The van der Waals surface area contributed by atoms with Gasteiger partial charge in [-0.15, -0.1) is 0 Å². The highest BCUT2D eigenvalue weighted by Crippen LogP contribution is 2.43. The molecule has 6 N–H and O–H groups in total. The third-order valence-corrected chi connectivity index (χ3v) is 17.0. The van der Waals surface area contributed by atoms with Gasteiger partial charge in [0.1, 0.15) is 42.0 Å². The minimum atomic E-state index is -1.45. The van der Waals surface area contributed by atoms with E-state index in [4.69, 9.17) is 28.4 Å². The summed E-state index contributed by atoms with van der Waals surface area (Å²) < 4.78 is 38.5. The SMILES string of the molecule is COC(=O)[C@H](Cc1ccccc1)NC(=O)[C@H](Cc1c[nH]c2ccccc12)NC(=O)CC[C@H]1CCC[C@@H](NC(=O)[C@H](Cc2cn(C(=O)OC(C)(C)C)c3ccccc23)NC(=O)[C@H](Cc2cn(C(=O)OC(C)(C)C)c3ccccc23)NC(=O)OCc2ccccc2)C12OCCCO2. The average molecular weight is 1300 g/mol. The standard InChI is InChI=1S/C73H84N8O14/c1-71(2,3)94-69(88)80-43-49(53-28-15-18-31-60(53)80)40-57(76-65(84)58(78-68(87)91-45-47-24-12-9-13-25-47)41-50-44-81(70(89)95-72(4,5)6)61-32-19-16-29-54(50)61)66(85)79-62-33-20-26-51(73(62)92-36-21-37-93-73)34-35-63(82)75-56(39-48-42-74-55-30-17-14-27-52(48)55)64(83)77-59(67(86)90-7)38-46-22-10-8-11-23-46/h8-19,22-25,27-32,42-44,51,56-59,62,74H,20-21,26,33-41,45H2,1-7H3,(H,75,82)(H,76,84)(H,77,83)(H,78,87)(H,79,85)/t51-,56+,57+,58+,59+,62-/m1/s1. The van der Waals surface area contributed by atoms with E-state index >= 15 is 9.59 Å². The summed E-state index contributed by atoms with van der Waals surface area (Å²) in [6, 6.07) is 34.2. The predicted octanol–water partition coefficient (Wildman–Crippen LogP) is 10.0. The minimum absolute atomic E-state index is 0.0824.